The standard InChI is InChI=1S/C28H24N4O5S2/c1-34-21-13-17(14-22(35-2)23(21)36-3)30-28-32-25(29)24(39-28)26-31-19(15-38-26)18-11-7-8-12-20(18)37-27(33)16-9-5-4-6-10-16/h4-15H,29H2,1-3H3,(H,30,32). The number of carbonyl (C=O) groups excluding carboxylic acids is 1. The molecule has 0 saturated heterocycles. The first-order valence-corrected chi connectivity index (χ1v) is 13.4. The maximum absolute atomic E-state index is 12.6. The van der Waals surface area contributed by atoms with Crippen LogP contribution in [0.5, 0.6) is 23.0 Å². The van der Waals surface area contributed by atoms with Crippen molar-refractivity contribution in [1.29, 1.82) is 0 Å². The van der Waals surface area contributed by atoms with Crippen LogP contribution in [-0.4, -0.2) is 37.3 Å². The zero-order valence-corrected chi connectivity index (χ0v) is 22.9. The summed E-state index contributed by atoms with van der Waals surface area (Å²) in [5.74, 6) is 1.85. The molecule has 0 saturated carbocycles. The molecule has 0 bridgehead atoms. The van der Waals surface area contributed by atoms with Crippen LogP contribution in [0.15, 0.2) is 72.1 Å². The second-order valence-electron chi connectivity index (χ2n) is 8.06. The van der Waals surface area contributed by atoms with Crippen LogP contribution in [0.2, 0.25) is 0 Å². The predicted octanol–water partition coefficient (Wildman–Crippen LogP) is 6.50. The third-order valence-electron chi connectivity index (χ3n) is 5.64. The monoisotopic (exact) mass is 560 g/mol. The summed E-state index contributed by atoms with van der Waals surface area (Å²) in [7, 11) is 4.66. The Hall–Kier alpha value is -4.61. The number of aromatic nitrogens is 2. The first kappa shape index (κ1) is 26.0. The minimum Gasteiger partial charge on any atom is -0.493 e. The van der Waals surface area contributed by atoms with Gasteiger partial charge in [0.25, 0.3) is 0 Å². The summed E-state index contributed by atoms with van der Waals surface area (Å²) in [6, 6.07) is 19.7. The molecule has 0 aliphatic heterocycles. The number of nitrogen functional groups attached to an aromatic ring is 1. The van der Waals surface area contributed by atoms with Crippen LogP contribution < -0.4 is 30.0 Å². The number of hydrogen-bond acceptors (Lipinski definition) is 11. The zero-order valence-electron chi connectivity index (χ0n) is 21.3. The minimum absolute atomic E-state index is 0.347. The molecule has 0 atom stereocenters. The van der Waals surface area contributed by atoms with Gasteiger partial charge in [-0.15, -0.1) is 11.3 Å². The van der Waals surface area contributed by atoms with E-state index < -0.39 is 5.97 Å². The maximum atomic E-state index is 12.6. The van der Waals surface area contributed by atoms with E-state index in [0.29, 0.717) is 61.5 Å². The van der Waals surface area contributed by atoms with Crippen molar-refractivity contribution in [1.82, 2.24) is 9.97 Å². The first-order valence-electron chi connectivity index (χ1n) is 11.7. The number of carbonyl (C=O) groups is 1. The Bertz CT molecular complexity index is 1590. The molecule has 0 aliphatic carbocycles. The first-order chi connectivity index (χ1) is 19.0. The van der Waals surface area contributed by atoms with Crippen molar-refractivity contribution in [2.24, 2.45) is 0 Å². The van der Waals surface area contributed by atoms with E-state index in [2.05, 4.69) is 10.3 Å². The number of nitrogens with one attached hydrogen (secondary N) is 1. The highest BCUT2D eigenvalue weighted by Crippen LogP contribution is 2.43. The van der Waals surface area contributed by atoms with Crippen molar-refractivity contribution >= 4 is 45.3 Å². The van der Waals surface area contributed by atoms with Gasteiger partial charge in [-0.2, -0.15) is 0 Å². The quantitative estimate of drug-likeness (QED) is 0.154. The SMILES string of the molecule is COc1cc(Nc2nc(N)c(-c3nc(-c4ccccc4OC(=O)c4ccccc4)cs3)s2)cc(OC)c1OC. The van der Waals surface area contributed by atoms with Crippen LogP contribution in [0.25, 0.3) is 21.1 Å². The summed E-state index contributed by atoms with van der Waals surface area (Å²) < 4.78 is 22.0. The maximum Gasteiger partial charge on any atom is 0.343 e. The highest BCUT2D eigenvalue weighted by atomic mass is 32.1. The Kier molecular flexibility index (Phi) is 7.62. The fourth-order valence-corrected chi connectivity index (χ4v) is 5.64. The fraction of sp³-hybridized carbons (Fsp3) is 0.107. The van der Waals surface area contributed by atoms with Gasteiger partial charge in [0, 0.05) is 28.8 Å². The highest BCUT2D eigenvalue weighted by molar-refractivity contribution is 7.23. The van der Waals surface area contributed by atoms with Gasteiger partial charge in [-0.3, -0.25) is 0 Å². The number of rotatable bonds is 9. The molecule has 0 radical (unpaired) electrons. The molecule has 0 aliphatic rings. The summed E-state index contributed by atoms with van der Waals surface area (Å²) in [4.78, 5) is 22.6. The Morgan fingerprint density at radius 1 is 0.872 bits per heavy atom. The molecule has 11 heteroatoms. The van der Waals surface area contributed by atoms with Crippen LogP contribution in [-0.2, 0) is 0 Å². The third-order valence-corrected chi connectivity index (χ3v) is 7.63. The van der Waals surface area contributed by atoms with Gasteiger partial charge in [-0.05, 0) is 24.3 Å². The second kappa shape index (κ2) is 11.4. The van der Waals surface area contributed by atoms with Gasteiger partial charge in [0.15, 0.2) is 16.6 Å². The number of methoxy groups -OCH3 is 3. The van der Waals surface area contributed by atoms with E-state index in [4.69, 9.17) is 29.7 Å². The molecule has 5 aromatic rings. The van der Waals surface area contributed by atoms with Gasteiger partial charge in [0.1, 0.15) is 21.5 Å². The summed E-state index contributed by atoms with van der Waals surface area (Å²) in [5, 5.41) is 6.42. The van der Waals surface area contributed by atoms with Crippen LogP contribution >= 0.6 is 22.7 Å². The molecule has 198 valence electrons. The van der Waals surface area contributed by atoms with Crippen molar-refractivity contribution in [2.75, 3.05) is 32.4 Å². The van der Waals surface area contributed by atoms with Gasteiger partial charge in [-0.25, -0.2) is 14.8 Å². The normalized spacial score (nSPS) is 10.6. The van der Waals surface area contributed by atoms with E-state index in [1.807, 2.05) is 29.6 Å². The number of esters is 1. The lowest BCUT2D eigenvalue weighted by Crippen LogP contribution is -2.08. The molecule has 0 unspecified atom stereocenters. The molecule has 3 N–H and O–H groups in total. The topological polar surface area (TPSA) is 118 Å². The van der Waals surface area contributed by atoms with Crippen molar-refractivity contribution in [3.63, 3.8) is 0 Å². The zero-order chi connectivity index (χ0) is 27.4. The van der Waals surface area contributed by atoms with E-state index in [9.17, 15) is 4.79 Å². The molecule has 2 aromatic heterocycles. The van der Waals surface area contributed by atoms with Crippen LogP contribution in [0.4, 0.5) is 16.6 Å². The lowest BCUT2D eigenvalue weighted by molar-refractivity contribution is 0.0735. The minimum atomic E-state index is -0.437. The van der Waals surface area contributed by atoms with E-state index >= 15 is 0 Å². The molecular weight excluding hydrogens is 536 g/mol. The number of para-hydroxylation sites is 1. The van der Waals surface area contributed by atoms with Crippen molar-refractivity contribution in [3.05, 3.63) is 77.7 Å². The Balaban J connectivity index is 1.39. The van der Waals surface area contributed by atoms with Crippen LogP contribution in [0.3, 0.4) is 0 Å². The largest absolute Gasteiger partial charge is 0.493 e. The van der Waals surface area contributed by atoms with Crippen molar-refractivity contribution in [2.45, 2.75) is 0 Å². The van der Waals surface area contributed by atoms with E-state index in [1.54, 1.807) is 63.8 Å². The third kappa shape index (κ3) is 5.49. The molecule has 39 heavy (non-hydrogen) atoms. The second-order valence-corrected chi connectivity index (χ2v) is 9.92. The average molecular weight is 561 g/mol. The number of anilines is 3. The molecule has 2 heterocycles. The van der Waals surface area contributed by atoms with Gasteiger partial charge in [-0.1, -0.05) is 41.7 Å². The molecule has 0 spiro atoms. The van der Waals surface area contributed by atoms with Crippen LogP contribution in [0.1, 0.15) is 10.4 Å². The Labute approximate surface area is 232 Å². The number of nitrogens with zero attached hydrogens (tertiary/aromatic N) is 2. The van der Waals surface area contributed by atoms with Gasteiger partial charge in [0.05, 0.1) is 32.6 Å². The molecule has 5 rings (SSSR count). The predicted molar refractivity (Wildman–Crippen MR) is 154 cm³/mol. The summed E-state index contributed by atoms with van der Waals surface area (Å²) >= 11 is 2.79. The van der Waals surface area contributed by atoms with Crippen molar-refractivity contribution < 1.29 is 23.7 Å². The number of thiazole rings is 2. The molecule has 9 nitrogen and oxygen atoms in total. The summed E-state index contributed by atoms with van der Waals surface area (Å²) in [6.45, 7) is 0. The molecule has 3 aromatic carbocycles. The molecular formula is C28H24N4O5S2. The lowest BCUT2D eigenvalue weighted by atomic mass is 10.1. The van der Waals surface area contributed by atoms with Gasteiger partial charge < -0.3 is 30.0 Å². The molecule has 0 amide bonds. The van der Waals surface area contributed by atoms with Gasteiger partial charge in [0.2, 0.25) is 5.75 Å². The lowest BCUT2D eigenvalue weighted by Gasteiger charge is -2.14. The summed E-state index contributed by atoms with van der Waals surface area (Å²) in [6.07, 6.45) is 0. The van der Waals surface area contributed by atoms with E-state index in [-0.39, 0.29) is 0 Å². The summed E-state index contributed by atoms with van der Waals surface area (Å²) in [5.41, 5.74) is 8.80. The fourth-order valence-electron chi connectivity index (χ4n) is 3.82. The smallest absolute Gasteiger partial charge is 0.343 e. The Morgan fingerprint density at radius 3 is 2.26 bits per heavy atom. The number of nitrogens with two attached hydrogens (primary N) is 1. The van der Waals surface area contributed by atoms with E-state index in [0.717, 1.165) is 4.88 Å². The number of ether oxygens (including phenoxy) is 4. The van der Waals surface area contributed by atoms with Gasteiger partial charge >= 0.3 is 5.97 Å². The van der Waals surface area contributed by atoms with Crippen LogP contribution in [0, 0.1) is 0 Å². The number of hydrogen-bond donors (Lipinski definition) is 2. The average Bonchev–Trinajstić information content (AvgIpc) is 3.59. The molecule has 0 fully saturated rings. The Morgan fingerprint density at radius 2 is 1.56 bits per heavy atom. The highest BCUT2D eigenvalue weighted by Gasteiger charge is 2.19. The van der Waals surface area contributed by atoms with Crippen molar-refractivity contribution in [3.8, 4) is 44.1 Å². The van der Waals surface area contributed by atoms with E-state index in [1.165, 1.54) is 22.7 Å². The number of benzene rings is 3.